The summed E-state index contributed by atoms with van der Waals surface area (Å²) >= 11 is 0.419. The van der Waals surface area contributed by atoms with Gasteiger partial charge in [-0.25, -0.2) is 0 Å². The zero-order chi connectivity index (χ0) is 16.6. The van der Waals surface area contributed by atoms with Crippen molar-refractivity contribution >= 4 is 25.3 Å². The van der Waals surface area contributed by atoms with E-state index < -0.39 is 0 Å². The predicted molar refractivity (Wildman–Crippen MR) is 98.5 cm³/mol. The van der Waals surface area contributed by atoms with Crippen LogP contribution in [0.4, 0.5) is 0 Å². The fourth-order valence-corrected chi connectivity index (χ4v) is 5.33. The average molecular weight is 385 g/mol. The van der Waals surface area contributed by atoms with Crippen LogP contribution >= 0.6 is 0 Å². The van der Waals surface area contributed by atoms with Crippen LogP contribution in [0, 0.1) is 0 Å². The quantitative estimate of drug-likeness (QED) is 0.777. The Balaban J connectivity index is 1.58. The third-order valence-corrected chi connectivity index (χ3v) is 6.74. The summed E-state index contributed by atoms with van der Waals surface area (Å²) < 4.78 is 3.07. The Kier molecular flexibility index (Phi) is 6.22. The Morgan fingerprint density at radius 2 is 1.83 bits per heavy atom. The van der Waals surface area contributed by atoms with Gasteiger partial charge in [-0.05, 0) is 0 Å². The molecule has 1 aromatic heterocycles. The molecule has 0 atom stereocenters. The standard InChI is InChI=1S/C20H22N2OSe/c23-20(18-11-6-7-14-21-18)22-15-13-16-8-4-5-12-19(16)24-17-9-2-1-3-10-17/h1-3,6-7,9-11,14H,4-5,8,12-13,15H2,(H,22,23). The number of pyridine rings is 1. The number of allylic oxidation sites excluding steroid dienone is 1. The number of hydrogen-bond donors (Lipinski definition) is 1. The number of rotatable bonds is 6. The Bertz CT molecular complexity index is 698. The minimum atomic E-state index is -0.0814. The van der Waals surface area contributed by atoms with Gasteiger partial charge in [-0.15, -0.1) is 0 Å². The zero-order valence-electron chi connectivity index (χ0n) is 13.7. The third-order valence-electron chi connectivity index (χ3n) is 4.12. The van der Waals surface area contributed by atoms with Crippen molar-refractivity contribution in [3.05, 3.63) is 70.5 Å². The van der Waals surface area contributed by atoms with Gasteiger partial charge in [-0.3, -0.25) is 0 Å². The molecule has 1 amide bonds. The van der Waals surface area contributed by atoms with E-state index in [0.29, 0.717) is 27.2 Å². The molecule has 3 nitrogen and oxygen atoms in total. The second-order valence-corrected chi connectivity index (χ2v) is 8.32. The van der Waals surface area contributed by atoms with E-state index in [2.05, 4.69) is 40.6 Å². The van der Waals surface area contributed by atoms with Crippen LogP contribution in [0.1, 0.15) is 42.6 Å². The van der Waals surface area contributed by atoms with Crippen LogP contribution in [0.2, 0.25) is 0 Å². The van der Waals surface area contributed by atoms with Gasteiger partial charge in [0.1, 0.15) is 0 Å². The summed E-state index contributed by atoms with van der Waals surface area (Å²) in [4.78, 5) is 16.2. The van der Waals surface area contributed by atoms with Crippen LogP contribution in [0.15, 0.2) is 64.8 Å². The van der Waals surface area contributed by atoms with Crippen LogP contribution in [-0.2, 0) is 0 Å². The number of amides is 1. The summed E-state index contributed by atoms with van der Waals surface area (Å²) in [6.45, 7) is 0.694. The molecular formula is C20H22N2OSe. The molecule has 2 aromatic rings. The van der Waals surface area contributed by atoms with E-state index in [1.165, 1.54) is 30.1 Å². The van der Waals surface area contributed by atoms with Gasteiger partial charge >= 0.3 is 150 Å². The fraction of sp³-hybridized carbons (Fsp3) is 0.300. The molecule has 24 heavy (non-hydrogen) atoms. The van der Waals surface area contributed by atoms with Gasteiger partial charge in [0.2, 0.25) is 0 Å². The topological polar surface area (TPSA) is 42.0 Å². The molecule has 1 aliphatic rings. The van der Waals surface area contributed by atoms with Gasteiger partial charge in [0, 0.05) is 0 Å². The summed E-state index contributed by atoms with van der Waals surface area (Å²) in [5.41, 5.74) is 2.05. The van der Waals surface area contributed by atoms with Gasteiger partial charge < -0.3 is 0 Å². The second-order valence-electron chi connectivity index (χ2n) is 5.87. The molecule has 3 rings (SSSR count). The summed E-state index contributed by atoms with van der Waals surface area (Å²) in [6, 6.07) is 16.2. The van der Waals surface area contributed by atoms with Gasteiger partial charge in [0.05, 0.1) is 0 Å². The van der Waals surface area contributed by atoms with Crippen LogP contribution in [0.25, 0.3) is 0 Å². The van der Waals surface area contributed by atoms with Crippen molar-refractivity contribution in [2.45, 2.75) is 32.1 Å². The molecule has 0 saturated carbocycles. The Labute approximate surface area is 149 Å². The third kappa shape index (κ3) is 4.80. The van der Waals surface area contributed by atoms with Crippen LogP contribution < -0.4 is 9.78 Å². The molecule has 124 valence electrons. The summed E-state index contributed by atoms with van der Waals surface area (Å²) in [7, 11) is 0. The van der Waals surface area contributed by atoms with Crippen molar-refractivity contribution in [2.24, 2.45) is 0 Å². The Morgan fingerprint density at radius 1 is 1.04 bits per heavy atom. The molecule has 0 fully saturated rings. The maximum atomic E-state index is 12.1. The first-order valence-electron chi connectivity index (χ1n) is 8.46. The number of aromatic nitrogens is 1. The normalized spacial score (nSPS) is 14.5. The molecule has 0 unspecified atom stereocenters. The van der Waals surface area contributed by atoms with Crippen molar-refractivity contribution in [2.75, 3.05) is 6.54 Å². The molecule has 0 saturated heterocycles. The minimum absolute atomic E-state index is 0.0814. The average Bonchev–Trinajstić information content (AvgIpc) is 2.64. The number of hydrogen-bond acceptors (Lipinski definition) is 2. The molecule has 1 heterocycles. The van der Waals surface area contributed by atoms with E-state index in [-0.39, 0.29) is 5.91 Å². The van der Waals surface area contributed by atoms with Gasteiger partial charge in [-0.2, -0.15) is 0 Å². The van der Waals surface area contributed by atoms with E-state index in [1.807, 2.05) is 12.1 Å². The monoisotopic (exact) mass is 386 g/mol. The van der Waals surface area contributed by atoms with E-state index in [0.717, 1.165) is 6.42 Å². The van der Waals surface area contributed by atoms with E-state index in [9.17, 15) is 4.79 Å². The molecule has 1 aromatic carbocycles. The first-order chi connectivity index (χ1) is 11.8. The van der Waals surface area contributed by atoms with Crippen LogP contribution in [-0.4, -0.2) is 32.4 Å². The number of carbonyl (C=O) groups is 1. The van der Waals surface area contributed by atoms with Crippen LogP contribution in [0.3, 0.4) is 0 Å². The van der Waals surface area contributed by atoms with Crippen molar-refractivity contribution in [1.29, 1.82) is 0 Å². The van der Waals surface area contributed by atoms with Crippen molar-refractivity contribution < 1.29 is 4.79 Å². The van der Waals surface area contributed by atoms with Crippen LogP contribution in [0.5, 0.6) is 0 Å². The first-order valence-corrected chi connectivity index (χ1v) is 10.2. The molecule has 0 aliphatic heterocycles. The molecule has 0 radical (unpaired) electrons. The molecule has 4 heteroatoms. The molecule has 0 spiro atoms. The Hall–Kier alpha value is -1.90. The first kappa shape index (κ1) is 16.9. The molecule has 1 aliphatic carbocycles. The van der Waals surface area contributed by atoms with E-state index in [4.69, 9.17) is 0 Å². The maximum absolute atomic E-state index is 12.1. The summed E-state index contributed by atoms with van der Waals surface area (Å²) in [6.07, 6.45) is 7.59. The van der Waals surface area contributed by atoms with Crippen molar-refractivity contribution in [3.63, 3.8) is 0 Å². The van der Waals surface area contributed by atoms with Crippen molar-refractivity contribution in [3.8, 4) is 0 Å². The molecule has 0 bridgehead atoms. The molecule has 1 N–H and O–H groups in total. The van der Waals surface area contributed by atoms with E-state index >= 15 is 0 Å². The van der Waals surface area contributed by atoms with E-state index in [1.54, 1.807) is 22.3 Å². The Morgan fingerprint density at radius 3 is 2.62 bits per heavy atom. The SMILES string of the molecule is O=C(NCCC1=C([Se]c2ccccc2)CCCC1)c1ccccn1. The number of nitrogens with zero attached hydrogens (tertiary/aromatic N) is 1. The second kappa shape index (κ2) is 8.81. The van der Waals surface area contributed by atoms with Gasteiger partial charge in [0.15, 0.2) is 0 Å². The van der Waals surface area contributed by atoms with Gasteiger partial charge in [0.25, 0.3) is 0 Å². The summed E-state index contributed by atoms with van der Waals surface area (Å²) in [5.74, 6) is -0.0814. The van der Waals surface area contributed by atoms with Gasteiger partial charge in [-0.1, -0.05) is 0 Å². The zero-order valence-corrected chi connectivity index (χ0v) is 15.4. The molecular weight excluding hydrogens is 363 g/mol. The number of nitrogens with one attached hydrogen (secondary N) is 1. The van der Waals surface area contributed by atoms with Crippen molar-refractivity contribution in [1.82, 2.24) is 10.3 Å². The predicted octanol–water partition coefficient (Wildman–Crippen LogP) is 3.06. The summed E-state index contributed by atoms with van der Waals surface area (Å²) in [5, 5.41) is 3.00. The fourth-order valence-electron chi connectivity index (χ4n) is 2.87. The number of carbonyl (C=O) groups excluding carboxylic acids is 1. The number of benzene rings is 1.